The fraction of sp³-hybridized carbons (Fsp3) is 0.750. The predicted octanol–water partition coefficient (Wildman–Crippen LogP) is -1.08. The second kappa shape index (κ2) is 9.77. The summed E-state index contributed by atoms with van der Waals surface area (Å²) in [7, 11) is -2.55. The van der Waals surface area contributed by atoms with Crippen molar-refractivity contribution in [2.24, 2.45) is 0 Å². The van der Waals surface area contributed by atoms with E-state index in [1.807, 2.05) is 0 Å². The van der Waals surface area contributed by atoms with E-state index in [9.17, 15) is 9.36 Å². The van der Waals surface area contributed by atoms with Gasteiger partial charge < -0.3 is 19.5 Å². The first-order valence-electron chi connectivity index (χ1n) is 2.73. The molecule has 0 aromatic heterocycles. The first-order valence-corrected chi connectivity index (χ1v) is 4.26. The summed E-state index contributed by atoms with van der Waals surface area (Å²) in [5.74, 6) is -0.815. The van der Waals surface area contributed by atoms with Gasteiger partial charge in [0.15, 0.2) is 6.79 Å². The molecule has 0 fully saturated rings. The summed E-state index contributed by atoms with van der Waals surface area (Å²) < 4.78 is 18.8. The molecule has 0 bridgehead atoms. The summed E-state index contributed by atoms with van der Waals surface area (Å²) in [6.07, 6.45) is -0.425. The Hall–Kier alpha value is 0.684. The maximum atomic E-state index is 10.5. The molecule has 0 saturated heterocycles. The van der Waals surface area contributed by atoms with Gasteiger partial charge in [-0.1, -0.05) is 0 Å². The van der Waals surface area contributed by atoms with Crippen LogP contribution < -0.4 is 0 Å². The van der Waals surface area contributed by atoms with Gasteiger partial charge in [-0.3, -0.25) is 9.36 Å². The SMILES string of the molecule is O=C(C[PH](=O)OCO)OCO.[Y]. The fourth-order valence-corrected chi connectivity index (χ4v) is 0.948. The number of carbonyl (C=O) groups is 1. The monoisotopic (exact) mass is 273 g/mol. The Labute approximate surface area is 95.0 Å². The van der Waals surface area contributed by atoms with E-state index in [-0.39, 0.29) is 32.7 Å². The Morgan fingerprint density at radius 3 is 2.33 bits per heavy atom. The van der Waals surface area contributed by atoms with Crippen molar-refractivity contribution < 1.29 is 61.5 Å². The van der Waals surface area contributed by atoms with E-state index in [2.05, 4.69) is 9.26 Å². The molecule has 0 rings (SSSR count). The van der Waals surface area contributed by atoms with E-state index >= 15 is 0 Å². The molecule has 1 radical (unpaired) electrons. The zero-order valence-electron chi connectivity index (χ0n) is 6.23. The van der Waals surface area contributed by atoms with Crippen molar-refractivity contribution in [3.8, 4) is 0 Å². The standard InChI is InChI=1S/C4H9O6P.Y/c5-2-9-4(7)1-11(8)10-3-6;/h5-6,11H,1-3H2;. The number of aliphatic hydroxyl groups is 2. The number of hydrogen-bond donors (Lipinski definition) is 2. The third-order valence-electron chi connectivity index (χ3n) is 0.740. The Balaban J connectivity index is 0. The molecule has 1 atom stereocenters. The second-order valence-corrected chi connectivity index (χ2v) is 2.85. The van der Waals surface area contributed by atoms with Crippen LogP contribution in [0.15, 0.2) is 0 Å². The Morgan fingerprint density at radius 1 is 1.33 bits per heavy atom. The smallest absolute Gasteiger partial charge is 0.317 e. The van der Waals surface area contributed by atoms with Gasteiger partial charge in [-0.15, -0.1) is 0 Å². The van der Waals surface area contributed by atoms with E-state index in [0.29, 0.717) is 0 Å². The molecule has 0 saturated carbocycles. The molecule has 2 N–H and O–H groups in total. The molecule has 0 aliphatic rings. The van der Waals surface area contributed by atoms with Crippen molar-refractivity contribution >= 4 is 14.0 Å². The zero-order valence-corrected chi connectivity index (χ0v) is 10.1. The minimum atomic E-state index is -2.55. The minimum absolute atomic E-state index is 0. The molecule has 0 aliphatic heterocycles. The Kier molecular flexibility index (Phi) is 12.3. The Bertz CT molecular complexity index is 134. The van der Waals surface area contributed by atoms with Gasteiger partial charge in [0.05, 0.1) is 0 Å². The molecule has 0 aliphatic carbocycles. The molecular formula is C4H9O6PY. The normalized spacial score (nSPS) is 11.5. The summed E-state index contributed by atoms with van der Waals surface area (Å²) in [6.45, 7) is -1.43. The number of hydrogen-bond acceptors (Lipinski definition) is 6. The van der Waals surface area contributed by atoms with Crippen molar-refractivity contribution in [2.45, 2.75) is 0 Å². The van der Waals surface area contributed by atoms with Gasteiger partial charge in [0.2, 0.25) is 8.03 Å². The average molecular weight is 273 g/mol. The number of ether oxygens (including phenoxy) is 1. The molecule has 69 valence electrons. The number of aliphatic hydroxyl groups excluding tert-OH is 2. The summed E-state index contributed by atoms with van der Waals surface area (Å²) in [5.41, 5.74) is 0. The van der Waals surface area contributed by atoms with Gasteiger partial charge in [-0.2, -0.15) is 0 Å². The third kappa shape index (κ3) is 8.78. The molecular weight excluding hydrogens is 264 g/mol. The third-order valence-corrected chi connectivity index (χ3v) is 1.77. The van der Waals surface area contributed by atoms with Gasteiger partial charge in [0, 0.05) is 32.7 Å². The van der Waals surface area contributed by atoms with E-state index < -0.39 is 33.7 Å². The van der Waals surface area contributed by atoms with Crippen LogP contribution in [0.2, 0.25) is 0 Å². The summed E-state index contributed by atoms with van der Waals surface area (Å²) >= 11 is 0. The van der Waals surface area contributed by atoms with Gasteiger partial charge >= 0.3 is 5.97 Å². The van der Waals surface area contributed by atoms with Crippen LogP contribution in [0.5, 0.6) is 0 Å². The van der Waals surface area contributed by atoms with Crippen LogP contribution in [0.25, 0.3) is 0 Å². The number of rotatable bonds is 5. The van der Waals surface area contributed by atoms with E-state index in [0.717, 1.165) is 0 Å². The maximum absolute atomic E-state index is 10.5. The Morgan fingerprint density at radius 2 is 1.92 bits per heavy atom. The number of esters is 1. The first-order chi connectivity index (χ1) is 5.20. The summed E-state index contributed by atoms with van der Waals surface area (Å²) in [5, 5.41) is 16.1. The zero-order chi connectivity index (χ0) is 8.69. The van der Waals surface area contributed by atoms with Gasteiger partial charge in [-0.05, 0) is 0 Å². The van der Waals surface area contributed by atoms with Crippen molar-refractivity contribution in [3.63, 3.8) is 0 Å². The predicted molar refractivity (Wildman–Crippen MR) is 35.2 cm³/mol. The van der Waals surface area contributed by atoms with Crippen LogP contribution in [0, 0.1) is 0 Å². The quantitative estimate of drug-likeness (QED) is 0.376. The molecule has 12 heavy (non-hydrogen) atoms. The van der Waals surface area contributed by atoms with Crippen molar-refractivity contribution in [2.75, 3.05) is 19.7 Å². The van der Waals surface area contributed by atoms with E-state index in [1.165, 1.54) is 0 Å². The molecule has 0 aromatic carbocycles. The molecule has 6 nitrogen and oxygen atoms in total. The first kappa shape index (κ1) is 15.2. The van der Waals surface area contributed by atoms with Crippen molar-refractivity contribution in [1.82, 2.24) is 0 Å². The van der Waals surface area contributed by atoms with E-state index in [1.54, 1.807) is 0 Å². The molecule has 0 spiro atoms. The van der Waals surface area contributed by atoms with Crippen LogP contribution >= 0.6 is 8.03 Å². The molecule has 1 unspecified atom stereocenters. The van der Waals surface area contributed by atoms with E-state index in [4.69, 9.17) is 10.2 Å². The van der Waals surface area contributed by atoms with Crippen molar-refractivity contribution in [3.05, 3.63) is 0 Å². The second-order valence-electron chi connectivity index (χ2n) is 1.47. The minimum Gasteiger partial charge on any atom is -0.438 e. The van der Waals surface area contributed by atoms with Crippen LogP contribution in [0.1, 0.15) is 0 Å². The maximum Gasteiger partial charge on any atom is 0.317 e. The molecule has 0 heterocycles. The van der Waals surface area contributed by atoms with Crippen molar-refractivity contribution in [1.29, 1.82) is 0 Å². The largest absolute Gasteiger partial charge is 0.438 e. The van der Waals surface area contributed by atoms with Gasteiger partial charge in [0.1, 0.15) is 13.0 Å². The van der Waals surface area contributed by atoms with Crippen LogP contribution in [0.4, 0.5) is 0 Å². The fourth-order valence-electron chi connectivity index (χ4n) is 0.364. The van der Waals surface area contributed by atoms with Gasteiger partial charge in [0.25, 0.3) is 0 Å². The van der Waals surface area contributed by atoms with Crippen LogP contribution in [0.3, 0.4) is 0 Å². The van der Waals surface area contributed by atoms with Crippen LogP contribution in [-0.4, -0.2) is 35.9 Å². The summed E-state index contributed by atoms with van der Waals surface area (Å²) in [6, 6.07) is 0. The number of carbonyl (C=O) groups excluding carboxylic acids is 1. The van der Waals surface area contributed by atoms with Crippen LogP contribution in [-0.2, 0) is 51.3 Å². The average Bonchev–Trinajstić information content (AvgIpc) is 1.87. The summed E-state index contributed by atoms with van der Waals surface area (Å²) in [4.78, 5) is 10.4. The molecule has 0 aromatic rings. The molecule has 8 heteroatoms. The topological polar surface area (TPSA) is 93.1 Å². The van der Waals surface area contributed by atoms with Gasteiger partial charge in [-0.25, -0.2) is 0 Å². The molecule has 0 amide bonds.